The lowest BCUT2D eigenvalue weighted by Gasteiger charge is -2.12. The molecule has 0 unspecified atom stereocenters. The quantitative estimate of drug-likeness (QED) is 0.534. The Morgan fingerprint density at radius 3 is 2.50 bits per heavy atom. The van der Waals surface area contributed by atoms with Crippen LogP contribution in [-0.2, 0) is 24.1 Å². The average Bonchev–Trinajstić information content (AvgIpc) is 3.07. The normalized spacial score (nSPS) is 10.9. The summed E-state index contributed by atoms with van der Waals surface area (Å²) in [5, 5.41) is 6.31. The molecule has 1 aromatic carbocycles. The van der Waals surface area contributed by atoms with Gasteiger partial charge in [-0.2, -0.15) is 18.3 Å². The molecule has 0 aliphatic rings. The number of methoxy groups -OCH3 is 1. The van der Waals surface area contributed by atoms with E-state index in [0.29, 0.717) is 6.54 Å². The van der Waals surface area contributed by atoms with E-state index in [1.807, 2.05) is 12.1 Å². The predicted molar refractivity (Wildman–Crippen MR) is 90.9 cm³/mol. The minimum absolute atomic E-state index is 0.158. The van der Waals surface area contributed by atoms with E-state index in [-0.39, 0.29) is 11.7 Å². The van der Waals surface area contributed by atoms with Gasteiger partial charge in [0.1, 0.15) is 12.3 Å². The number of nitrogens with one attached hydrogen (secondary N) is 3. The minimum Gasteiger partial charge on any atom is -0.497 e. The molecule has 0 aliphatic carbocycles. The van der Waals surface area contributed by atoms with Gasteiger partial charge in [-0.15, -0.1) is 0 Å². The zero-order chi connectivity index (χ0) is 19.2. The van der Waals surface area contributed by atoms with Crippen molar-refractivity contribution in [3.05, 3.63) is 47.8 Å². The van der Waals surface area contributed by atoms with Crippen LogP contribution in [0.25, 0.3) is 0 Å². The molecule has 1 heterocycles. The van der Waals surface area contributed by atoms with Gasteiger partial charge in [-0.3, -0.25) is 20.3 Å². The number of hydrogen-bond donors (Lipinski definition) is 3. The van der Waals surface area contributed by atoms with E-state index >= 15 is 0 Å². The van der Waals surface area contributed by atoms with Crippen LogP contribution < -0.4 is 20.9 Å². The van der Waals surface area contributed by atoms with E-state index in [1.54, 1.807) is 19.2 Å². The monoisotopic (exact) mass is 387 g/mol. The second-order valence-corrected chi connectivity index (χ2v) is 5.51. The first-order valence-corrected chi connectivity index (χ1v) is 7.75. The van der Waals surface area contributed by atoms with Crippen LogP contribution in [0.3, 0.4) is 0 Å². The van der Waals surface area contributed by atoms with Crippen LogP contribution in [0.2, 0.25) is 0 Å². The summed E-state index contributed by atoms with van der Waals surface area (Å²) in [7, 11) is 1.57. The van der Waals surface area contributed by atoms with Gasteiger partial charge in [-0.25, -0.2) is 0 Å². The average molecular weight is 387 g/mol. The van der Waals surface area contributed by atoms with Gasteiger partial charge in [0.2, 0.25) is 0 Å². The summed E-state index contributed by atoms with van der Waals surface area (Å²) in [5.41, 5.74) is 4.63. The molecular formula is C15H16F3N5O2S. The van der Waals surface area contributed by atoms with E-state index in [2.05, 4.69) is 21.3 Å². The van der Waals surface area contributed by atoms with E-state index in [0.717, 1.165) is 28.3 Å². The number of benzene rings is 1. The number of hydrazine groups is 1. The molecule has 2 aromatic rings. The molecule has 140 valence electrons. The van der Waals surface area contributed by atoms with E-state index in [1.165, 1.54) is 0 Å². The number of halogens is 3. The zero-order valence-electron chi connectivity index (χ0n) is 13.6. The lowest BCUT2D eigenvalue weighted by molar-refractivity contribution is -0.141. The largest absolute Gasteiger partial charge is 0.497 e. The highest BCUT2D eigenvalue weighted by Crippen LogP contribution is 2.27. The lowest BCUT2D eigenvalue weighted by Crippen LogP contribution is -2.47. The number of amides is 1. The number of ether oxygens (including phenoxy) is 1. The lowest BCUT2D eigenvalue weighted by atomic mass is 10.2. The number of carbonyl (C=O) groups is 1. The van der Waals surface area contributed by atoms with Crippen LogP contribution in [0.1, 0.15) is 11.3 Å². The molecule has 0 saturated carbocycles. The van der Waals surface area contributed by atoms with Crippen molar-refractivity contribution in [2.24, 2.45) is 0 Å². The fourth-order valence-corrected chi connectivity index (χ4v) is 2.01. The number of rotatable bonds is 5. The molecule has 1 aromatic heterocycles. The summed E-state index contributed by atoms with van der Waals surface area (Å²) < 4.78 is 43.3. The van der Waals surface area contributed by atoms with Crippen LogP contribution in [0, 0.1) is 0 Å². The maximum Gasteiger partial charge on any atom is 0.435 e. The molecule has 0 aliphatic heterocycles. The van der Waals surface area contributed by atoms with Crippen LogP contribution in [0.5, 0.6) is 5.75 Å². The molecule has 7 nitrogen and oxygen atoms in total. The highest BCUT2D eigenvalue weighted by atomic mass is 32.1. The van der Waals surface area contributed by atoms with Gasteiger partial charge in [0.05, 0.1) is 7.11 Å². The smallest absolute Gasteiger partial charge is 0.435 e. The number of nitrogens with zero attached hydrogens (tertiary/aromatic N) is 2. The van der Waals surface area contributed by atoms with Crippen molar-refractivity contribution >= 4 is 23.2 Å². The van der Waals surface area contributed by atoms with Crippen molar-refractivity contribution in [3.8, 4) is 5.75 Å². The molecule has 26 heavy (non-hydrogen) atoms. The Morgan fingerprint density at radius 1 is 1.23 bits per heavy atom. The molecule has 0 saturated heterocycles. The first kappa shape index (κ1) is 19.5. The predicted octanol–water partition coefficient (Wildman–Crippen LogP) is 1.61. The third-order valence-electron chi connectivity index (χ3n) is 3.16. The fraction of sp³-hybridized carbons (Fsp3) is 0.267. The van der Waals surface area contributed by atoms with Crippen molar-refractivity contribution in [1.29, 1.82) is 0 Å². The Kier molecular flexibility index (Phi) is 6.39. The molecule has 3 N–H and O–H groups in total. The number of thiocarbonyl (C=S) groups is 1. The topological polar surface area (TPSA) is 80.2 Å². The number of hydrogen-bond acceptors (Lipinski definition) is 4. The van der Waals surface area contributed by atoms with Crippen molar-refractivity contribution < 1.29 is 22.7 Å². The van der Waals surface area contributed by atoms with Crippen molar-refractivity contribution in [3.63, 3.8) is 0 Å². The Hall–Kier alpha value is -2.82. The molecule has 0 fully saturated rings. The third-order valence-corrected chi connectivity index (χ3v) is 3.41. The molecule has 0 bridgehead atoms. The molecule has 0 radical (unpaired) electrons. The summed E-state index contributed by atoms with van der Waals surface area (Å²) in [4.78, 5) is 11.7. The van der Waals surface area contributed by atoms with Gasteiger partial charge in [0.15, 0.2) is 10.8 Å². The summed E-state index contributed by atoms with van der Waals surface area (Å²) in [6.45, 7) is 0.0317. The third kappa shape index (κ3) is 5.92. The maximum absolute atomic E-state index is 12.4. The van der Waals surface area contributed by atoms with Gasteiger partial charge in [-0.1, -0.05) is 12.1 Å². The van der Waals surface area contributed by atoms with E-state index in [4.69, 9.17) is 17.0 Å². The molecular weight excluding hydrogens is 371 g/mol. The van der Waals surface area contributed by atoms with Crippen LogP contribution >= 0.6 is 12.2 Å². The first-order chi connectivity index (χ1) is 12.3. The SMILES string of the molecule is COc1ccc(CNC(=S)NNC(=O)Cn2ccc(C(F)(F)F)n2)cc1. The molecule has 11 heteroatoms. The van der Waals surface area contributed by atoms with Gasteiger partial charge >= 0.3 is 6.18 Å². The molecule has 0 atom stereocenters. The molecule has 2 rings (SSSR count). The van der Waals surface area contributed by atoms with Crippen molar-refractivity contribution in [2.75, 3.05) is 7.11 Å². The van der Waals surface area contributed by atoms with E-state index < -0.39 is 17.8 Å². The van der Waals surface area contributed by atoms with Crippen molar-refractivity contribution in [2.45, 2.75) is 19.3 Å². The zero-order valence-corrected chi connectivity index (χ0v) is 14.4. The standard InChI is InChI=1S/C15H16F3N5O2S/c1-25-11-4-2-10(3-5-11)8-19-14(26)21-20-13(24)9-23-7-6-12(22-23)15(16,17)18/h2-7H,8-9H2,1H3,(H,20,24)(H2,19,21,26). The number of aromatic nitrogens is 2. The molecule has 0 spiro atoms. The summed E-state index contributed by atoms with van der Waals surface area (Å²) in [6.07, 6.45) is -3.48. The Labute approximate surface area is 152 Å². The maximum atomic E-state index is 12.4. The van der Waals surface area contributed by atoms with Crippen LogP contribution in [-0.4, -0.2) is 27.9 Å². The minimum atomic E-state index is -4.55. The highest BCUT2D eigenvalue weighted by molar-refractivity contribution is 7.80. The second-order valence-electron chi connectivity index (χ2n) is 5.10. The second kappa shape index (κ2) is 8.52. The van der Waals surface area contributed by atoms with Crippen LogP contribution in [0.15, 0.2) is 36.5 Å². The summed E-state index contributed by atoms with van der Waals surface area (Å²) in [6, 6.07) is 8.09. The Bertz CT molecular complexity index is 761. The fourth-order valence-electron chi connectivity index (χ4n) is 1.88. The Balaban J connectivity index is 1.72. The highest BCUT2D eigenvalue weighted by Gasteiger charge is 2.33. The van der Waals surface area contributed by atoms with Gasteiger partial charge in [0.25, 0.3) is 5.91 Å². The van der Waals surface area contributed by atoms with E-state index in [9.17, 15) is 18.0 Å². The van der Waals surface area contributed by atoms with Crippen LogP contribution in [0.4, 0.5) is 13.2 Å². The Morgan fingerprint density at radius 2 is 1.92 bits per heavy atom. The van der Waals surface area contributed by atoms with Crippen molar-refractivity contribution in [1.82, 2.24) is 25.9 Å². The summed E-state index contributed by atoms with van der Waals surface area (Å²) in [5.74, 6) is 0.129. The first-order valence-electron chi connectivity index (χ1n) is 7.34. The number of alkyl halides is 3. The van der Waals surface area contributed by atoms with Gasteiger partial charge in [-0.05, 0) is 36.0 Å². The van der Waals surface area contributed by atoms with Gasteiger partial charge in [0, 0.05) is 12.7 Å². The summed E-state index contributed by atoms with van der Waals surface area (Å²) >= 11 is 5.00. The molecule has 1 amide bonds. The van der Waals surface area contributed by atoms with Gasteiger partial charge < -0.3 is 10.1 Å². The number of carbonyl (C=O) groups excluding carboxylic acids is 1.